The zero-order valence-electron chi connectivity index (χ0n) is 31.3. The van der Waals surface area contributed by atoms with Crippen LogP contribution in [-0.4, -0.2) is 55.0 Å². The van der Waals surface area contributed by atoms with Crippen LogP contribution in [0.3, 0.4) is 0 Å². The van der Waals surface area contributed by atoms with Crippen molar-refractivity contribution < 1.29 is 30.0 Å². The van der Waals surface area contributed by atoms with Gasteiger partial charge in [-0.2, -0.15) is 0 Å². The van der Waals surface area contributed by atoms with Crippen molar-refractivity contribution in [2.75, 3.05) is 5.32 Å². The molecule has 5 unspecified atom stereocenters. The van der Waals surface area contributed by atoms with E-state index in [0.29, 0.717) is 44.2 Å². The van der Waals surface area contributed by atoms with Gasteiger partial charge < -0.3 is 25.7 Å². The quantitative estimate of drug-likeness (QED) is 0.140. The first kappa shape index (κ1) is 37.5. The summed E-state index contributed by atoms with van der Waals surface area (Å²) in [6, 6.07) is 9.92. The van der Waals surface area contributed by atoms with Gasteiger partial charge in [-0.15, -0.1) is 0 Å². The van der Waals surface area contributed by atoms with Crippen LogP contribution in [0.2, 0.25) is 0 Å². The molecule has 0 amide bonds. The zero-order valence-corrected chi connectivity index (χ0v) is 31.3. The van der Waals surface area contributed by atoms with E-state index in [9.17, 15) is 30.0 Å². The van der Waals surface area contributed by atoms with Crippen LogP contribution in [0.1, 0.15) is 125 Å². The number of nitrogens with zero attached hydrogens (tertiary/aromatic N) is 1. The summed E-state index contributed by atoms with van der Waals surface area (Å²) in [5.74, 6) is 6.71. The third-order valence-electron chi connectivity index (χ3n) is 14.3. The number of fused-ring (bicyclic) bond motifs is 5. The average Bonchev–Trinajstić information content (AvgIpc) is 3.45. The van der Waals surface area contributed by atoms with Gasteiger partial charge in [-0.25, -0.2) is 0 Å². The lowest BCUT2D eigenvalue weighted by molar-refractivity contribution is -0.211. The van der Waals surface area contributed by atoms with E-state index < -0.39 is 23.8 Å². The lowest BCUT2D eigenvalue weighted by Gasteiger charge is -2.64. The topological polar surface area (TPSA) is 140 Å². The highest BCUT2D eigenvalue weighted by Gasteiger charge is 2.66. The molecule has 6 rings (SSSR count). The Kier molecular flexibility index (Phi) is 10.5. The van der Waals surface area contributed by atoms with E-state index in [1.54, 1.807) is 6.92 Å². The van der Waals surface area contributed by atoms with Gasteiger partial charge in [-0.1, -0.05) is 51.7 Å². The third-order valence-corrected chi connectivity index (χ3v) is 14.3. The molecule has 51 heavy (non-hydrogen) atoms. The Labute approximate surface area is 303 Å². The van der Waals surface area contributed by atoms with Gasteiger partial charge in [0.05, 0.1) is 23.5 Å². The molecule has 8 heteroatoms. The number of ketones is 1. The summed E-state index contributed by atoms with van der Waals surface area (Å²) in [6.07, 6.45) is 5.63. The minimum absolute atomic E-state index is 0.0121. The molecule has 1 aromatic carbocycles. The van der Waals surface area contributed by atoms with Crippen molar-refractivity contribution in [3.05, 3.63) is 58.4 Å². The van der Waals surface area contributed by atoms with Crippen molar-refractivity contribution in [2.24, 2.45) is 46.3 Å². The number of anilines is 1. The minimum Gasteiger partial charge on any atom is -0.481 e. The molecule has 4 saturated carbocycles. The number of carbonyl (C=O) groups excluding carboxylic acids is 1. The number of hydrogen-bond donors (Lipinski definition) is 5. The van der Waals surface area contributed by atoms with E-state index in [-0.39, 0.29) is 58.5 Å². The van der Waals surface area contributed by atoms with Crippen molar-refractivity contribution >= 4 is 17.4 Å². The number of Topliss-reactive ketones (excluding diaryl/α,β-unsaturated/α-hetero) is 1. The molecule has 4 aliphatic rings. The Hall–Kier alpha value is -3.25. The SMILES string of the molecule is CCc1cc(NCc2ccc(C#C[C@@]3(O)CC[C@@]4(C)C(C[C@@H](O)C5C4C[C@H](O)[C@@]4(C)C5CC[C@@H]4C(C)CCC(=O)O)C3)cc2)c(C(C)=O)c(C)n1. The number of carboxylic acid groups (broad SMARTS) is 1. The number of aliphatic carboxylic acids is 1. The summed E-state index contributed by atoms with van der Waals surface area (Å²) in [5, 5.41) is 48.2. The Bertz CT molecular complexity index is 1700. The van der Waals surface area contributed by atoms with E-state index in [1.165, 1.54) is 0 Å². The van der Waals surface area contributed by atoms with Crippen molar-refractivity contribution in [3.63, 3.8) is 0 Å². The second-order valence-electron chi connectivity index (χ2n) is 17.1. The van der Waals surface area contributed by atoms with Gasteiger partial charge in [-0.05, 0) is 142 Å². The van der Waals surface area contributed by atoms with Crippen LogP contribution in [0, 0.1) is 65.1 Å². The molecule has 0 saturated heterocycles. The fraction of sp³-hybridized carbons (Fsp3) is 0.651. The molecule has 4 aliphatic carbocycles. The predicted octanol–water partition coefficient (Wildman–Crippen LogP) is 6.95. The number of aliphatic hydroxyl groups is 3. The van der Waals surface area contributed by atoms with E-state index in [2.05, 4.69) is 42.9 Å². The number of rotatable bonds is 9. The first-order valence-corrected chi connectivity index (χ1v) is 19.3. The maximum absolute atomic E-state index is 12.3. The second kappa shape index (κ2) is 14.3. The van der Waals surface area contributed by atoms with E-state index in [0.717, 1.165) is 53.9 Å². The summed E-state index contributed by atoms with van der Waals surface area (Å²) in [4.78, 5) is 28.2. The predicted molar refractivity (Wildman–Crippen MR) is 198 cm³/mol. The van der Waals surface area contributed by atoms with Gasteiger partial charge in [0.25, 0.3) is 0 Å². The van der Waals surface area contributed by atoms with Crippen LogP contribution in [0.25, 0.3) is 0 Å². The number of benzene rings is 1. The zero-order chi connectivity index (χ0) is 36.9. The van der Waals surface area contributed by atoms with Gasteiger partial charge in [0, 0.05) is 29.9 Å². The molecule has 8 nitrogen and oxygen atoms in total. The van der Waals surface area contributed by atoms with E-state index in [1.807, 2.05) is 44.2 Å². The maximum Gasteiger partial charge on any atom is 0.303 e. The first-order valence-electron chi connectivity index (χ1n) is 19.3. The molecule has 11 atom stereocenters. The minimum atomic E-state index is -1.14. The summed E-state index contributed by atoms with van der Waals surface area (Å²) in [7, 11) is 0. The number of carboxylic acids is 1. The smallest absolute Gasteiger partial charge is 0.303 e. The van der Waals surface area contributed by atoms with Gasteiger partial charge in [0.1, 0.15) is 5.60 Å². The summed E-state index contributed by atoms with van der Waals surface area (Å²) in [5.41, 5.74) is 3.40. The fourth-order valence-corrected chi connectivity index (χ4v) is 11.4. The summed E-state index contributed by atoms with van der Waals surface area (Å²) < 4.78 is 0. The van der Waals surface area contributed by atoms with E-state index in [4.69, 9.17) is 0 Å². The molecule has 2 aromatic rings. The average molecular weight is 699 g/mol. The van der Waals surface area contributed by atoms with Crippen molar-refractivity contribution in [1.82, 2.24) is 4.98 Å². The fourth-order valence-electron chi connectivity index (χ4n) is 11.4. The normalized spacial score (nSPS) is 36.1. The molecular weight excluding hydrogens is 640 g/mol. The van der Waals surface area contributed by atoms with Crippen LogP contribution in [0.15, 0.2) is 30.3 Å². The summed E-state index contributed by atoms with van der Waals surface area (Å²) >= 11 is 0. The molecule has 4 fully saturated rings. The van der Waals surface area contributed by atoms with Crippen LogP contribution in [0.4, 0.5) is 5.69 Å². The second-order valence-corrected chi connectivity index (χ2v) is 17.1. The van der Waals surface area contributed by atoms with Crippen molar-refractivity contribution in [1.29, 1.82) is 0 Å². The molecule has 276 valence electrons. The Morgan fingerprint density at radius 1 is 1.08 bits per heavy atom. The lowest BCUT2D eigenvalue weighted by atomic mass is 9.42. The Morgan fingerprint density at radius 2 is 1.80 bits per heavy atom. The number of hydrogen-bond acceptors (Lipinski definition) is 7. The maximum atomic E-state index is 12.3. The molecule has 0 spiro atoms. The highest BCUT2D eigenvalue weighted by molar-refractivity contribution is 6.00. The third kappa shape index (κ3) is 6.99. The number of aliphatic hydroxyl groups excluding tert-OH is 2. The van der Waals surface area contributed by atoms with Crippen LogP contribution < -0.4 is 5.32 Å². The Morgan fingerprint density at radius 3 is 2.47 bits per heavy atom. The number of pyridine rings is 1. The molecular formula is C43H58N2O6. The standard InChI is InChI=1S/C43H58N2O6/c1-7-31-21-35(39(27(4)46)26(3)45-31)44-24-29-11-9-28(10-12-29)16-17-43(51)19-18-41(5)30(23-43)20-36(47)40-33-14-13-32(25(2)8-15-38(49)50)42(33,6)37(48)22-34(40)41/h9-12,21,25,30,32-34,36-37,40,47-48,51H,7-8,13-15,18-20,22-24H2,1-6H3,(H,44,45)(H,49,50)/t25?,30?,32-,33?,34?,36-,37+,40?,41+,42-,43-/m1/s1. The molecule has 1 aromatic heterocycles. The van der Waals surface area contributed by atoms with E-state index >= 15 is 0 Å². The first-order chi connectivity index (χ1) is 24.1. The van der Waals surface area contributed by atoms with Gasteiger partial charge in [0.15, 0.2) is 5.78 Å². The highest BCUT2D eigenvalue weighted by Crippen LogP contribution is 2.69. The van der Waals surface area contributed by atoms with Crippen LogP contribution in [0.5, 0.6) is 0 Å². The highest BCUT2D eigenvalue weighted by atomic mass is 16.4. The van der Waals surface area contributed by atoms with Crippen molar-refractivity contribution in [3.8, 4) is 11.8 Å². The number of aromatic nitrogens is 1. The number of aryl methyl sites for hydroxylation is 2. The van der Waals surface area contributed by atoms with Crippen LogP contribution in [-0.2, 0) is 17.8 Å². The van der Waals surface area contributed by atoms with Crippen LogP contribution >= 0.6 is 0 Å². The molecule has 0 bridgehead atoms. The molecule has 1 heterocycles. The van der Waals surface area contributed by atoms with Crippen molar-refractivity contribution in [2.45, 2.75) is 130 Å². The molecule has 0 radical (unpaired) electrons. The number of nitrogens with one attached hydrogen (secondary N) is 1. The number of carbonyl (C=O) groups is 2. The van der Waals surface area contributed by atoms with Gasteiger partial charge in [-0.3, -0.25) is 14.6 Å². The molecule has 5 N–H and O–H groups in total. The van der Waals surface area contributed by atoms with Gasteiger partial charge >= 0.3 is 5.97 Å². The lowest BCUT2D eigenvalue weighted by Crippen LogP contribution is -2.63. The Balaban J connectivity index is 1.12. The monoisotopic (exact) mass is 698 g/mol. The molecule has 0 aliphatic heterocycles. The van der Waals surface area contributed by atoms with Gasteiger partial charge in [0.2, 0.25) is 0 Å². The summed E-state index contributed by atoms with van der Waals surface area (Å²) in [6.45, 7) is 12.7. The largest absolute Gasteiger partial charge is 0.481 e.